The fourth-order valence-electron chi connectivity index (χ4n) is 3.52. The van der Waals surface area contributed by atoms with Crippen LogP contribution in [0.3, 0.4) is 0 Å². The van der Waals surface area contributed by atoms with Crippen LogP contribution in [0.4, 0.5) is 0 Å². The van der Waals surface area contributed by atoms with Gasteiger partial charge < -0.3 is 21.4 Å². The molecule has 7 heteroatoms. The van der Waals surface area contributed by atoms with Gasteiger partial charge in [-0.3, -0.25) is 9.59 Å². The number of H-pyrrole nitrogens is 1. The van der Waals surface area contributed by atoms with Crippen LogP contribution in [0.15, 0.2) is 12.5 Å². The Balaban J connectivity index is 2.11. The van der Waals surface area contributed by atoms with Crippen LogP contribution in [0.5, 0.6) is 0 Å². The monoisotopic (exact) mass is 421 g/mol. The van der Waals surface area contributed by atoms with Gasteiger partial charge in [-0.05, 0) is 6.42 Å². The first kappa shape index (κ1) is 26.1. The average Bonchev–Trinajstić information content (AvgIpc) is 3.24. The number of hydrogen-bond acceptors (Lipinski definition) is 4. The van der Waals surface area contributed by atoms with E-state index in [1.807, 2.05) is 0 Å². The number of hydrogen-bond donors (Lipinski definition) is 4. The molecular formula is C23H43N5O2. The maximum Gasteiger partial charge on any atom is 0.242 e. The van der Waals surface area contributed by atoms with Gasteiger partial charge in [-0.1, -0.05) is 77.6 Å². The smallest absolute Gasteiger partial charge is 0.242 e. The molecule has 1 aromatic rings. The number of nitrogens with two attached hydrogens (primary N) is 1. The zero-order valence-corrected chi connectivity index (χ0v) is 18.9. The summed E-state index contributed by atoms with van der Waals surface area (Å²) in [5.74, 6) is -0.361. The summed E-state index contributed by atoms with van der Waals surface area (Å²) in [5, 5.41) is 5.73. The summed E-state index contributed by atoms with van der Waals surface area (Å²) in [4.78, 5) is 31.3. The van der Waals surface area contributed by atoms with Crippen LogP contribution in [0.25, 0.3) is 0 Å². The lowest BCUT2D eigenvalue weighted by Gasteiger charge is -2.18. The van der Waals surface area contributed by atoms with Crippen molar-refractivity contribution >= 4 is 11.8 Å². The van der Waals surface area contributed by atoms with E-state index in [4.69, 9.17) is 5.73 Å². The molecule has 1 aromatic heterocycles. The largest absolute Gasteiger partial charge is 0.354 e. The van der Waals surface area contributed by atoms with Crippen molar-refractivity contribution in [3.8, 4) is 0 Å². The fraction of sp³-hybridized carbons (Fsp3) is 0.783. The number of nitrogens with zero attached hydrogens (tertiary/aromatic N) is 1. The highest BCUT2D eigenvalue weighted by Gasteiger charge is 2.21. The molecule has 0 fully saturated rings. The van der Waals surface area contributed by atoms with E-state index in [0.717, 1.165) is 18.5 Å². The van der Waals surface area contributed by atoms with Crippen LogP contribution in [-0.2, 0) is 16.0 Å². The van der Waals surface area contributed by atoms with Gasteiger partial charge in [0, 0.05) is 37.8 Å². The van der Waals surface area contributed by atoms with Crippen LogP contribution in [0, 0.1) is 0 Å². The van der Waals surface area contributed by atoms with Gasteiger partial charge in [0.25, 0.3) is 0 Å². The van der Waals surface area contributed by atoms with E-state index in [1.54, 1.807) is 12.5 Å². The molecule has 1 rings (SSSR count). The van der Waals surface area contributed by atoms with Crippen LogP contribution in [-0.4, -0.2) is 40.9 Å². The summed E-state index contributed by atoms with van der Waals surface area (Å²) in [6.07, 6.45) is 19.3. The minimum atomic E-state index is -0.609. The summed E-state index contributed by atoms with van der Waals surface area (Å²) >= 11 is 0. The van der Waals surface area contributed by atoms with E-state index in [9.17, 15) is 9.59 Å². The highest BCUT2D eigenvalue weighted by molar-refractivity contribution is 5.87. The van der Waals surface area contributed by atoms with E-state index in [1.165, 1.54) is 64.2 Å². The summed E-state index contributed by atoms with van der Waals surface area (Å²) in [6, 6.07) is -0.609. The van der Waals surface area contributed by atoms with Crippen molar-refractivity contribution in [2.75, 3.05) is 13.1 Å². The van der Waals surface area contributed by atoms with Gasteiger partial charge in [0.15, 0.2) is 0 Å². The molecule has 1 heterocycles. The molecule has 0 saturated carbocycles. The van der Waals surface area contributed by atoms with Crippen LogP contribution < -0.4 is 16.4 Å². The van der Waals surface area contributed by atoms with Crippen LogP contribution in [0.2, 0.25) is 0 Å². The van der Waals surface area contributed by atoms with Crippen molar-refractivity contribution in [1.29, 1.82) is 0 Å². The topological polar surface area (TPSA) is 113 Å². The number of aromatic amines is 1. The number of amides is 2. The molecule has 0 aliphatic heterocycles. The molecule has 7 nitrogen and oxygen atoms in total. The second kappa shape index (κ2) is 17.9. The minimum Gasteiger partial charge on any atom is -0.354 e. The molecule has 1 atom stereocenters. The Hall–Kier alpha value is -1.89. The fourth-order valence-corrected chi connectivity index (χ4v) is 3.52. The summed E-state index contributed by atoms with van der Waals surface area (Å²) in [6.45, 7) is 3.16. The van der Waals surface area contributed by atoms with Gasteiger partial charge in [-0.2, -0.15) is 0 Å². The van der Waals surface area contributed by atoms with Gasteiger partial charge >= 0.3 is 0 Å². The standard InChI is InChI=1S/C23H43N5O2/c1-2-3-4-5-6-7-8-9-10-11-12-13-16-26-23(30)21(28-22(29)14-15-24)17-20-18-25-19-27-20/h18-19,21H,2-17,24H2,1H3,(H,25,27)(H,26,30)(H,28,29). The predicted octanol–water partition coefficient (Wildman–Crippen LogP) is 3.60. The minimum absolute atomic E-state index is 0.155. The number of aromatic nitrogens is 2. The van der Waals surface area contributed by atoms with E-state index >= 15 is 0 Å². The lowest BCUT2D eigenvalue weighted by atomic mass is 10.1. The van der Waals surface area contributed by atoms with Gasteiger partial charge in [-0.25, -0.2) is 4.98 Å². The predicted molar refractivity (Wildman–Crippen MR) is 122 cm³/mol. The molecule has 0 aromatic carbocycles. The van der Waals surface area contributed by atoms with Crippen molar-refractivity contribution in [2.45, 2.75) is 103 Å². The quantitative estimate of drug-likeness (QED) is 0.256. The first-order chi connectivity index (χ1) is 14.7. The number of carbonyl (C=O) groups excluding carboxylic acids is 2. The van der Waals surface area contributed by atoms with E-state index in [2.05, 4.69) is 27.5 Å². The molecule has 30 heavy (non-hydrogen) atoms. The van der Waals surface area contributed by atoms with Crippen molar-refractivity contribution in [3.63, 3.8) is 0 Å². The average molecular weight is 422 g/mol. The Morgan fingerprint density at radius 2 is 1.60 bits per heavy atom. The summed E-state index contributed by atoms with van der Waals surface area (Å²) in [5.41, 5.74) is 6.24. The third-order valence-electron chi connectivity index (χ3n) is 5.33. The highest BCUT2D eigenvalue weighted by atomic mass is 16.2. The third kappa shape index (κ3) is 13.4. The molecule has 0 aliphatic carbocycles. The Morgan fingerprint density at radius 3 is 2.13 bits per heavy atom. The molecule has 172 valence electrons. The summed E-state index contributed by atoms with van der Waals surface area (Å²) in [7, 11) is 0. The van der Waals surface area contributed by atoms with Gasteiger partial charge in [0.2, 0.25) is 11.8 Å². The number of unbranched alkanes of at least 4 members (excludes halogenated alkanes) is 11. The van der Waals surface area contributed by atoms with Crippen molar-refractivity contribution in [3.05, 3.63) is 18.2 Å². The Morgan fingerprint density at radius 1 is 1.00 bits per heavy atom. The highest BCUT2D eigenvalue weighted by Crippen LogP contribution is 2.11. The molecule has 0 aliphatic rings. The third-order valence-corrected chi connectivity index (χ3v) is 5.33. The summed E-state index contributed by atoms with van der Waals surface area (Å²) < 4.78 is 0. The van der Waals surface area contributed by atoms with Crippen LogP contribution in [0.1, 0.15) is 96.1 Å². The molecule has 5 N–H and O–H groups in total. The van der Waals surface area contributed by atoms with E-state index in [-0.39, 0.29) is 24.8 Å². The second-order valence-electron chi connectivity index (χ2n) is 8.12. The van der Waals surface area contributed by atoms with E-state index < -0.39 is 6.04 Å². The van der Waals surface area contributed by atoms with Crippen LogP contribution >= 0.6 is 0 Å². The Bertz CT molecular complexity index is 548. The molecule has 1 unspecified atom stereocenters. The Kier molecular flexibility index (Phi) is 15.6. The number of imidazole rings is 1. The van der Waals surface area contributed by atoms with Crippen molar-refractivity contribution in [1.82, 2.24) is 20.6 Å². The van der Waals surface area contributed by atoms with Gasteiger partial charge in [0.1, 0.15) is 6.04 Å². The van der Waals surface area contributed by atoms with Crippen molar-refractivity contribution < 1.29 is 9.59 Å². The zero-order chi connectivity index (χ0) is 21.9. The molecular weight excluding hydrogens is 378 g/mol. The zero-order valence-electron chi connectivity index (χ0n) is 18.9. The maximum absolute atomic E-state index is 12.5. The molecule has 0 radical (unpaired) electrons. The number of nitrogens with one attached hydrogen (secondary N) is 3. The number of carbonyl (C=O) groups is 2. The molecule has 0 saturated heterocycles. The second-order valence-corrected chi connectivity index (χ2v) is 8.12. The van der Waals surface area contributed by atoms with Crippen molar-refractivity contribution in [2.24, 2.45) is 5.73 Å². The first-order valence-corrected chi connectivity index (χ1v) is 11.9. The Labute approximate surface area is 182 Å². The number of rotatable bonds is 19. The van der Waals surface area contributed by atoms with Gasteiger partial charge in [-0.15, -0.1) is 0 Å². The lowest BCUT2D eigenvalue weighted by Crippen LogP contribution is -2.48. The SMILES string of the molecule is CCCCCCCCCCCCCCNC(=O)C(Cc1cnc[nH]1)NC(=O)CCN. The first-order valence-electron chi connectivity index (χ1n) is 11.9. The van der Waals surface area contributed by atoms with Gasteiger partial charge in [0.05, 0.1) is 6.33 Å². The van der Waals surface area contributed by atoms with E-state index in [0.29, 0.717) is 13.0 Å². The normalized spacial score (nSPS) is 11.9. The maximum atomic E-state index is 12.5. The molecule has 2 amide bonds. The molecule has 0 spiro atoms. The lowest BCUT2D eigenvalue weighted by molar-refractivity contribution is -0.128. The molecule has 0 bridgehead atoms.